The van der Waals surface area contributed by atoms with Crippen LogP contribution in [0.4, 0.5) is 0 Å². The van der Waals surface area contributed by atoms with Crippen LogP contribution >= 0.6 is 0 Å². The Morgan fingerprint density at radius 3 is 2.70 bits per heavy atom. The molecule has 3 aromatic rings. The van der Waals surface area contributed by atoms with Gasteiger partial charge in [0.2, 0.25) is 0 Å². The maximum absolute atomic E-state index is 6.19. The number of piperidine rings is 1. The lowest BCUT2D eigenvalue weighted by Crippen LogP contribution is -2.55. The van der Waals surface area contributed by atoms with Crippen molar-refractivity contribution in [3.8, 4) is 5.75 Å². The number of likely N-dealkylation sites (tertiary alicyclic amines) is 1. The molecular weight excluding hydrogens is 366 g/mol. The van der Waals surface area contributed by atoms with Crippen molar-refractivity contribution in [2.75, 3.05) is 13.1 Å². The summed E-state index contributed by atoms with van der Waals surface area (Å²) >= 11 is 0. The van der Waals surface area contributed by atoms with E-state index < -0.39 is 0 Å². The quantitative estimate of drug-likeness (QED) is 0.483. The third kappa shape index (κ3) is 3.86. The topological polar surface area (TPSA) is 12.5 Å². The van der Waals surface area contributed by atoms with Gasteiger partial charge in [-0.3, -0.25) is 4.90 Å². The van der Waals surface area contributed by atoms with Gasteiger partial charge in [-0.15, -0.1) is 0 Å². The number of nitrogens with zero attached hydrogens (tertiary/aromatic N) is 1. The molecule has 2 nitrogen and oxygen atoms in total. The van der Waals surface area contributed by atoms with Gasteiger partial charge in [0, 0.05) is 5.54 Å². The van der Waals surface area contributed by atoms with Gasteiger partial charge < -0.3 is 4.74 Å². The predicted molar refractivity (Wildman–Crippen MR) is 125 cm³/mol. The first-order valence-electron chi connectivity index (χ1n) is 11.7. The number of benzene rings is 3. The van der Waals surface area contributed by atoms with Crippen LogP contribution in [0.2, 0.25) is 0 Å². The molecule has 1 atom stereocenters. The van der Waals surface area contributed by atoms with Crippen LogP contribution in [-0.4, -0.2) is 23.5 Å². The molecule has 1 aliphatic heterocycles. The monoisotopic (exact) mass is 399 g/mol. The van der Waals surface area contributed by atoms with Crippen molar-refractivity contribution in [1.29, 1.82) is 0 Å². The summed E-state index contributed by atoms with van der Waals surface area (Å²) in [4.78, 5) is 2.81. The highest BCUT2D eigenvalue weighted by Gasteiger charge is 2.40. The van der Waals surface area contributed by atoms with E-state index in [0.717, 1.165) is 5.75 Å². The molecule has 1 heterocycles. The van der Waals surface area contributed by atoms with Crippen molar-refractivity contribution in [2.45, 2.75) is 64.0 Å². The summed E-state index contributed by atoms with van der Waals surface area (Å²) in [6.07, 6.45) is 9.09. The van der Waals surface area contributed by atoms with Gasteiger partial charge in [0.1, 0.15) is 12.4 Å². The van der Waals surface area contributed by atoms with Crippen LogP contribution in [-0.2, 0) is 19.4 Å². The maximum atomic E-state index is 6.19. The lowest BCUT2D eigenvalue weighted by molar-refractivity contribution is 0.0340. The molecule has 1 spiro atoms. The highest BCUT2D eigenvalue weighted by molar-refractivity contribution is 5.82. The summed E-state index contributed by atoms with van der Waals surface area (Å²) in [6.45, 7) is 5.48. The average molecular weight is 400 g/mol. The first kappa shape index (κ1) is 19.6. The highest BCUT2D eigenvalue weighted by Crippen LogP contribution is 2.40. The highest BCUT2D eigenvalue weighted by atomic mass is 16.5. The SMILES string of the molecule is CCCN1CCCCC12CCc1cc(OCc3ccc4ccccc4c3)ccc1C2. The van der Waals surface area contributed by atoms with Crippen LogP contribution in [0.3, 0.4) is 0 Å². The van der Waals surface area contributed by atoms with Crippen LogP contribution in [0.25, 0.3) is 10.8 Å². The van der Waals surface area contributed by atoms with Crippen LogP contribution in [0, 0.1) is 0 Å². The molecule has 0 radical (unpaired) electrons. The molecule has 0 bridgehead atoms. The number of hydrogen-bond donors (Lipinski definition) is 0. The Morgan fingerprint density at radius 1 is 0.900 bits per heavy atom. The third-order valence-corrected chi connectivity index (χ3v) is 7.26. The van der Waals surface area contributed by atoms with E-state index in [4.69, 9.17) is 4.74 Å². The van der Waals surface area contributed by atoms with E-state index in [9.17, 15) is 0 Å². The van der Waals surface area contributed by atoms with Gasteiger partial charge in [0.25, 0.3) is 0 Å². The fraction of sp³-hybridized carbons (Fsp3) is 0.429. The standard InChI is InChI=1S/C28H33NO/c1-2-16-29-17-6-5-14-28(29)15-13-25-19-27(12-11-26(25)20-28)30-21-22-9-10-23-7-3-4-8-24(23)18-22/h3-4,7-12,18-19H,2,5-6,13-17,20-21H2,1H3. The zero-order valence-corrected chi connectivity index (χ0v) is 18.2. The lowest BCUT2D eigenvalue weighted by atomic mass is 9.72. The number of aryl methyl sites for hydroxylation is 1. The zero-order chi connectivity index (χ0) is 20.4. The molecule has 30 heavy (non-hydrogen) atoms. The van der Waals surface area contributed by atoms with Crippen molar-refractivity contribution < 1.29 is 4.74 Å². The van der Waals surface area contributed by atoms with E-state index in [1.54, 1.807) is 5.56 Å². The summed E-state index contributed by atoms with van der Waals surface area (Å²) in [5.41, 5.74) is 4.68. The zero-order valence-electron chi connectivity index (χ0n) is 18.2. The second kappa shape index (κ2) is 8.43. The van der Waals surface area contributed by atoms with Gasteiger partial charge in [-0.25, -0.2) is 0 Å². The number of rotatable bonds is 5. The Balaban J connectivity index is 1.29. The van der Waals surface area contributed by atoms with Gasteiger partial charge in [-0.2, -0.15) is 0 Å². The molecule has 0 saturated carbocycles. The van der Waals surface area contributed by atoms with Crippen molar-refractivity contribution in [3.63, 3.8) is 0 Å². The average Bonchev–Trinajstić information content (AvgIpc) is 2.79. The predicted octanol–water partition coefficient (Wildman–Crippen LogP) is 6.54. The van der Waals surface area contributed by atoms with Crippen LogP contribution in [0.5, 0.6) is 5.75 Å². The summed E-state index contributed by atoms with van der Waals surface area (Å²) in [5.74, 6) is 1.01. The van der Waals surface area contributed by atoms with Crippen molar-refractivity contribution >= 4 is 10.8 Å². The Hall–Kier alpha value is -2.32. The fourth-order valence-electron chi connectivity index (χ4n) is 5.66. The second-order valence-corrected chi connectivity index (χ2v) is 9.25. The Morgan fingerprint density at radius 2 is 1.80 bits per heavy atom. The van der Waals surface area contributed by atoms with E-state index in [0.29, 0.717) is 12.1 Å². The van der Waals surface area contributed by atoms with Crippen molar-refractivity contribution in [2.24, 2.45) is 0 Å². The molecule has 3 aromatic carbocycles. The molecule has 0 aromatic heterocycles. The minimum atomic E-state index is 0.411. The van der Waals surface area contributed by atoms with Crippen LogP contribution in [0.15, 0.2) is 60.7 Å². The van der Waals surface area contributed by atoms with E-state index in [-0.39, 0.29) is 0 Å². The number of hydrogen-bond acceptors (Lipinski definition) is 2. The van der Waals surface area contributed by atoms with Gasteiger partial charge in [-0.1, -0.05) is 55.8 Å². The van der Waals surface area contributed by atoms with E-state index in [1.165, 1.54) is 79.9 Å². The van der Waals surface area contributed by atoms with Gasteiger partial charge in [0.15, 0.2) is 0 Å². The molecular formula is C28H33NO. The van der Waals surface area contributed by atoms with E-state index >= 15 is 0 Å². The molecule has 5 rings (SSSR count). The molecule has 2 aliphatic rings. The molecule has 0 N–H and O–H groups in total. The first-order valence-corrected chi connectivity index (χ1v) is 11.7. The number of fused-ring (bicyclic) bond motifs is 2. The van der Waals surface area contributed by atoms with Gasteiger partial charge in [0.05, 0.1) is 0 Å². The minimum absolute atomic E-state index is 0.411. The molecule has 0 amide bonds. The van der Waals surface area contributed by atoms with Gasteiger partial charge >= 0.3 is 0 Å². The Kier molecular flexibility index (Phi) is 5.52. The van der Waals surface area contributed by atoms with Gasteiger partial charge in [-0.05, 0) is 97.3 Å². The molecule has 156 valence electrons. The Labute approximate surface area is 180 Å². The second-order valence-electron chi connectivity index (χ2n) is 9.25. The van der Waals surface area contributed by atoms with Crippen LogP contribution in [0.1, 0.15) is 55.7 Å². The molecule has 1 fully saturated rings. The maximum Gasteiger partial charge on any atom is 0.120 e. The van der Waals surface area contributed by atoms with E-state index in [2.05, 4.69) is 72.5 Å². The minimum Gasteiger partial charge on any atom is -0.489 e. The summed E-state index contributed by atoms with van der Waals surface area (Å²) in [5, 5.41) is 2.56. The molecule has 1 unspecified atom stereocenters. The smallest absolute Gasteiger partial charge is 0.120 e. The van der Waals surface area contributed by atoms with Crippen LogP contribution < -0.4 is 4.74 Å². The molecule has 2 heteroatoms. The normalized spacial score (nSPS) is 21.6. The van der Waals surface area contributed by atoms with Crippen molar-refractivity contribution in [3.05, 3.63) is 77.4 Å². The summed E-state index contributed by atoms with van der Waals surface area (Å²) < 4.78 is 6.19. The summed E-state index contributed by atoms with van der Waals surface area (Å²) in [7, 11) is 0. The Bertz CT molecular complexity index is 1020. The molecule has 1 aliphatic carbocycles. The first-order chi connectivity index (χ1) is 14.8. The third-order valence-electron chi connectivity index (χ3n) is 7.26. The van der Waals surface area contributed by atoms with Crippen molar-refractivity contribution in [1.82, 2.24) is 4.90 Å². The fourth-order valence-corrected chi connectivity index (χ4v) is 5.66. The lowest BCUT2D eigenvalue weighted by Gasteiger charge is -2.50. The summed E-state index contributed by atoms with van der Waals surface area (Å²) in [6, 6.07) is 21.9. The number of ether oxygens (including phenoxy) is 1. The largest absolute Gasteiger partial charge is 0.489 e. The van der Waals surface area contributed by atoms with E-state index in [1.807, 2.05) is 0 Å². The molecule has 1 saturated heterocycles.